The highest BCUT2D eigenvalue weighted by molar-refractivity contribution is 4.57. The Balaban J connectivity index is 0. The fourth-order valence-corrected chi connectivity index (χ4v) is 2.45. The lowest BCUT2D eigenvalue weighted by atomic mass is 10.1. The molecule has 0 aliphatic carbocycles. The molecule has 0 saturated carbocycles. The number of likely N-dealkylation sites (N-methyl/N-ethyl adjacent to an activating group) is 1. The second-order valence-corrected chi connectivity index (χ2v) is 5.89. The fourth-order valence-electron chi connectivity index (χ4n) is 2.45. The second kappa shape index (κ2) is 12.0. The third-order valence-corrected chi connectivity index (χ3v) is 3.80. The topological polar surface area (TPSA) is 40.5 Å². The summed E-state index contributed by atoms with van der Waals surface area (Å²) in [7, 11) is 2.17. The average molecular weight is 296 g/mol. The Hall–Kier alpha value is 0.170. The minimum Gasteiger partial charge on any atom is -1.00 e. The number of nitrogens with zero attached hydrogens (tertiary/aromatic N) is 1. The number of aliphatic hydroxyl groups is 2. The van der Waals surface area contributed by atoms with Crippen LogP contribution in [0.5, 0.6) is 0 Å². The molecule has 0 saturated heterocycles. The lowest BCUT2D eigenvalue weighted by molar-refractivity contribution is -0.915. The summed E-state index contributed by atoms with van der Waals surface area (Å²) in [4.78, 5) is 0. The first kappa shape index (κ1) is 21.5. The fraction of sp³-hybridized carbons (Fsp3) is 1.00. The largest absolute Gasteiger partial charge is 1.00 e. The average Bonchev–Trinajstić information content (AvgIpc) is 2.34. The van der Waals surface area contributed by atoms with Crippen molar-refractivity contribution in [2.75, 3.05) is 26.7 Å². The maximum absolute atomic E-state index is 9.88. The molecule has 0 heterocycles. The first-order valence-corrected chi connectivity index (χ1v) is 7.67. The maximum Gasteiger partial charge on any atom is 0.105 e. The van der Waals surface area contributed by atoms with Gasteiger partial charge in [-0.2, -0.15) is 0 Å². The van der Waals surface area contributed by atoms with Crippen molar-refractivity contribution in [3.8, 4) is 0 Å². The van der Waals surface area contributed by atoms with Gasteiger partial charge in [0, 0.05) is 0 Å². The van der Waals surface area contributed by atoms with Crippen LogP contribution in [0.15, 0.2) is 0 Å². The lowest BCUT2D eigenvalue weighted by Crippen LogP contribution is -3.00. The maximum atomic E-state index is 9.88. The van der Waals surface area contributed by atoms with Crippen molar-refractivity contribution in [2.24, 2.45) is 0 Å². The molecular weight excluding hydrogens is 262 g/mol. The highest BCUT2D eigenvalue weighted by atomic mass is 35.5. The number of hydrogen-bond acceptors (Lipinski definition) is 2. The summed E-state index contributed by atoms with van der Waals surface area (Å²) in [5.74, 6) is 0. The standard InChI is InChI=1S/C15H34NO2.ClH/c1-5-8-9-10-11-16(4,12-14(17)6-2)13-15(18)7-3;/h14-15,17-18H,5-13H2,1-4H3;1H/q+1;/p-1. The number of unbranched alkanes of at least 4 members (excludes halogenated alkanes) is 3. The summed E-state index contributed by atoms with van der Waals surface area (Å²) >= 11 is 0. The molecule has 3 nitrogen and oxygen atoms in total. The van der Waals surface area contributed by atoms with Crippen LogP contribution in [0, 0.1) is 0 Å². The Morgan fingerprint density at radius 1 is 0.842 bits per heavy atom. The minimum absolute atomic E-state index is 0. The molecule has 2 unspecified atom stereocenters. The van der Waals surface area contributed by atoms with E-state index in [1.54, 1.807) is 0 Å². The van der Waals surface area contributed by atoms with Gasteiger partial charge in [0.05, 0.1) is 13.6 Å². The molecule has 0 radical (unpaired) electrons. The molecule has 0 aliphatic heterocycles. The van der Waals surface area contributed by atoms with Crippen LogP contribution in [-0.4, -0.2) is 53.6 Å². The molecule has 0 fully saturated rings. The van der Waals surface area contributed by atoms with Crippen LogP contribution < -0.4 is 12.4 Å². The molecule has 0 aromatic carbocycles. The molecule has 0 rings (SSSR count). The first-order valence-electron chi connectivity index (χ1n) is 7.67. The van der Waals surface area contributed by atoms with E-state index in [1.807, 2.05) is 13.8 Å². The van der Waals surface area contributed by atoms with Gasteiger partial charge < -0.3 is 27.1 Å². The predicted molar refractivity (Wildman–Crippen MR) is 77.5 cm³/mol. The van der Waals surface area contributed by atoms with Crippen LogP contribution in [-0.2, 0) is 0 Å². The summed E-state index contributed by atoms with van der Waals surface area (Å²) < 4.78 is 0.799. The van der Waals surface area contributed by atoms with Crippen LogP contribution in [0.3, 0.4) is 0 Å². The molecule has 2 atom stereocenters. The summed E-state index contributed by atoms with van der Waals surface area (Å²) in [5.41, 5.74) is 0. The summed E-state index contributed by atoms with van der Waals surface area (Å²) in [6.45, 7) is 8.84. The van der Waals surface area contributed by atoms with Crippen molar-refractivity contribution in [1.82, 2.24) is 0 Å². The number of aliphatic hydroxyl groups excluding tert-OH is 2. The molecule has 19 heavy (non-hydrogen) atoms. The zero-order valence-electron chi connectivity index (χ0n) is 13.2. The van der Waals surface area contributed by atoms with E-state index in [1.165, 1.54) is 25.7 Å². The lowest BCUT2D eigenvalue weighted by Gasteiger charge is -2.37. The summed E-state index contributed by atoms with van der Waals surface area (Å²) in [6, 6.07) is 0. The molecule has 0 aliphatic rings. The highest BCUT2D eigenvalue weighted by Crippen LogP contribution is 2.13. The SMILES string of the molecule is CCCCCC[N+](C)(CC(O)CC)CC(O)CC.[Cl-]. The van der Waals surface area contributed by atoms with E-state index in [4.69, 9.17) is 0 Å². The van der Waals surface area contributed by atoms with Crippen molar-refractivity contribution >= 4 is 0 Å². The van der Waals surface area contributed by atoms with E-state index < -0.39 is 0 Å². The number of hydrogen-bond donors (Lipinski definition) is 2. The molecule has 0 bridgehead atoms. The van der Waals surface area contributed by atoms with Gasteiger partial charge in [-0.3, -0.25) is 0 Å². The Morgan fingerprint density at radius 3 is 1.68 bits per heavy atom. The second-order valence-electron chi connectivity index (χ2n) is 5.89. The molecule has 4 heteroatoms. The van der Waals surface area contributed by atoms with Gasteiger partial charge in [0.1, 0.15) is 25.3 Å². The normalized spacial score (nSPS) is 17.4. The number of halogens is 1. The van der Waals surface area contributed by atoms with E-state index in [2.05, 4.69) is 14.0 Å². The quantitative estimate of drug-likeness (QED) is 0.401. The van der Waals surface area contributed by atoms with E-state index in [-0.39, 0.29) is 24.6 Å². The third kappa shape index (κ3) is 10.6. The Labute approximate surface area is 126 Å². The van der Waals surface area contributed by atoms with Gasteiger partial charge in [-0.25, -0.2) is 0 Å². The van der Waals surface area contributed by atoms with Crippen LogP contribution in [0.4, 0.5) is 0 Å². The van der Waals surface area contributed by atoms with E-state index in [9.17, 15) is 10.2 Å². The summed E-state index contributed by atoms with van der Waals surface area (Å²) in [5, 5.41) is 19.8. The molecule has 2 N–H and O–H groups in total. The van der Waals surface area contributed by atoms with Gasteiger partial charge >= 0.3 is 0 Å². The van der Waals surface area contributed by atoms with Gasteiger partial charge in [-0.15, -0.1) is 0 Å². The molecule has 0 aromatic rings. The zero-order chi connectivity index (χ0) is 14.0. The van der Waals surface area contributed by atoms with Crippen molar-refractivity contribution in [1.29, 1.82) is 0 Å². The predicted octanol–water partition coefficient (Wildman–Crippen LogP) is -0.441. The molecule has 0 spiro atoms. The molecule has 0 amide bonds. The first-order chi connectivity index (χ1) is 8.47. The van der Waals surface area contributed by atoms with Gasteiger partial charge in [0.2, 0.25) is 0 Å². The van der Waals surface area contributed by atoms with Crippen molar-refractivity contribution < 1.29 is 27.1 Å². The van der Waals surface area contributed by atoms with Gasteiger partial charge in [-0.1, -0.05) is 33.6 Å². The van der Waals surface area contributed by atoms with Crippen molar-refractivity contribution in [3.05, 3.63) is 0 Å². The van der Waals surface area contributed by atoms with Gasteiger partial charge in [0.25, 0.3) is 0 Å². The summed E-state index contributed by atoms with van der Waals surface area (Å²) in [6.07, 6.45) is 6.09. The van der Waals surface area contributed by atoms with E-state index in [0.29, 0.717) is 0 Å². The Bertz CT molecular complexity index is 191. The minimum atomic E-state index is -0.245. The van der Waals surface area contributed by atoms with Crippen LogP contribution in [0.25, 0.3) is 0 Å². The number of rotatable bonds is 11. The Morgan fingerprint density at radius 2 is 1.32 bits per heavy atom. The zero-order valence-corrected chi connectivity index (χ0v) is 14.0. The highest BCUT2D eigenvalue weighted by Gasteiger charge is 2.27. The van der Waals surface area contributed by atoms with Crippen molar-refractivity contribution in [3.63, 3.8) is 0 Å². The van der Waals surface area contributed by atoms with Gasteiger partial charge in [-0.05, 0) is 25.7 Å². The van der Waals surface area contributed by atoms with Crippen LogP contribution in [0.2, 0.25) is 0 Å². The van der Waals surface area contributed by atoms with E-state index in [0.717, 1.165) is 37.0 Å². The molecule has 0 aromatic heterocycles. The molecule has 118 valence electrons. The Kier molecular flexibility index (Phi) is 13.5. The monoisotopic (exact) mass is 295 g/mol. The van der Waals surface area contributed by atoms with Crippen LogP contribution in [0.1, 0.15) is 59.3 Å². The van der Waals surface area contributed by atoms with Gasteiger partial charge in [0.15, 0.2) is 0 Å². The third-order valence-electron chi connectivity index (χ3n) is 3.80. The number of quaternary nitrogens is 1. The van der Waals surface area contributed by atoms with Crippen molar-refractivity contribution in [2.45, 2.75) is 71.5 Å². The molecular formula is C15H34ClNO2. The van der Waals surface area contributed by atoms with Crippen LogP contribution >= 0.6 is 0 Å². The smallest absolute Gasteiger partial charge is 0.105 e. The van der Waals surface area contributed by atoms with E-state index >= 15 is 0 Å².